The van der Waals surface area contributed by atoms with Gasteiger partial charge < -0.3 is 11.1 Å². The first-order valence-electron chi connectivity index (χ1n) is 5.18. The number of aromatic nitrogens is 2. The number of nitrogens with two attached hydrogens (primary N) is 1. The highest BCUT2D eigenvalue weighted by molar-refractivity contribution is 5.76. The second-order valence-corrected chi connectivity index (χ2v) is 3.65. The highest BCUT2D eigenvalue weighted by Crippen LogP contribution is 1.89. The molecule has 15 heavy (non-hydrogen) atoms. The molecule has 5 heteroatoms. The van der Waals surface area contributed by atoms with Crippen LogP contribution in [0.5, 0.6) is 0 Å². The Morgan fingerprint density at radius 1 is 1.67 bits per heavy atom. The molecule has 1 rings (SSSR count). The predicted octanol–water partition coefficient (Wildman–Crippen LogP) is 0.127. The number of carbonyl (C=O) groups is 1. The Labute approximate surface area is 89.6 Å². The third kappa shape index (κ3) is 5.17. The van der Waals surface area contributed by atoms with Gasteiger partial charge in [0.15, 0.2) is 0 Å². The number of hydrogen-bond acceptors (Lipinski definition) is 3. The second kappa shape index (κ2) is 6.19. The molecule has 0 spiro atoms. The van der Waals surface area contributed by atoms with E-state index in [0.29, 0.717) is 13.0 Å². The SMILES string of the molecule is CC(N)CC(=O)NCCCn1cccn1. The van der Waals surface area contributed by atoms with Crippen LogP contribution in [0, 0.1) is 0 Å². The van der Waals surface area contributed by atoms with E-state index in [-0.39, 0.29) is 11.9 Å². The molecule has 0 fully saturated rings. The Morgan fingerprint density at radius 3 is 3.07 bits per heavy atom. The highest BCUT2D eigenvalue weighted by Gasteiger charge is 2.03. The van der Waals surface area contributed by atoms with Gasteiger partial charge >= 0.3 is 0 Å². The van der Waals surface area contributed by atoms with Crippen molar-refractivity contribution in [1.82, 2.24) is 15.1 Å². The number of nitrogens with zero attached hydrogens (tertiary/aromatic N) is 2. The molecule has 1 atom stereocenters. The lowest BCUT2D eigenvalue weighted by Gasteiger charge is -2.07. The molecule has 5 nitrogen and oxygen atoms in total. The fourth-order valence-corrected chi connectivity index (χ4v) is 1.27. The van der Waals surface area contributed by atoms with E-state index in [1.807, 2.05) is 23.9 Å². The van der Waals surface area contributed by atoms with Crippen LogP contribution in [0.2, 0.25) is 0 Å². The van der Waals surface area contributed by atoms with E-state index >= 15 is 0 Å². The van der Waals surface area contributed by atoms with Gasteiger partial charge in [-0.25, -0.2) is 0 Å². The molecule has 1 amide bonds. The van der Waals surface area contributed by atoms with Crippen molar-refractivity contribution in [2.24, 2.45) is 5.73 Å². The van der Waals surface area contributed by atoms with Crippen molar-refractivity contribution in [3.8, 4) is 0 Å². The third-order valence-electron chi connectivity index (χ3n) is 1.95. The maximum atomic E-state index is 11.2. The van der Waals surface area contributed by atoms with Gasteiger partial charge in [0, 0.05) is 37.9 Å². The molecule has 1 heterocycles. The molecule has 1 aromatic rings. The van der Waals surface area contributed by atoms with Crippen molar-refractivity contribution in [2.75, 3.05) is 6.54 Å². The number of nitrogens with one attached hydrogen (secondary N) is 1. The Bertz CT molecular complexity index is 282. The lowest BCUT2D eigenvalue weighted by molar-refractivity contribution is -0.121. The van der Waals surface area contributed by atoms with Gasteiger partial charge in [0.2, 0.25) is 5.91 Å². The molecule has 0 radical (unpaired) electrons. The number of aryl methyl sites for hydroxylation is 1. The highest BCUT2D eigenvalue weighted by atomic mass is 16.1. The first-order valence-corrected chi connectivity index (χ1v) is 5.18. The van der Waals surface area contributed by atoms with Gasteiger partial charge in [-0.3, -0.25) is 9.48 Å². The Hall–Kier alpha value is -1.36. The molecule has 0 aliphatic carbocycles. The van der Waals surface area contributed by atoms with Crippen LogP contribution in [-0.2, 0) is 11.3 Å². The Balaban J connectivity index is 2.04. The van der Waals surface area contributed by atoms with Crippen LogP contribution < -0.4 is 11.1 Å². The average Bonchev–Trinajstić information content (AvgIpc) is 2.63. The number of hydrogen-bond donors (Lipinski definition) is 2. The van der Waals surface area contributed by atoms with Gasteiger partial charge in [-0.05, 0) is 19.4 Å². The van der Waals surface area contributed by atoms with Crippen LogP contribution in [0.3, 0.4) is 0 Å². The van der Waals surface area contributed by atoms with Crippen LogP contribution in [0.15, 0.2) is 18.5 Å². The van der Waals surface area contributed by atoms with Gasteiger partial charge in [0.1, 0.15) is 0 Å². The lowest BCUT2D eigenvalue weighted by Crippen LogP contribution is -2.30. The fourth-order valence-electron chi connectivity index (χ4n) is 1.27. The van der Waals surface area contributed by atoms with Gasteiger partial charge in [0.05, 0.1) is 0 Å². The summed E-state index contributed by atoms with van der Waals surface area (Å²) in [6, 6.07) is 1.81. The maximum absolute atomic E-state index is 11.2. The summed E-state index contributed by atoms with van der Waals surface area (Å²) in [5.74, 6) is 0.0189. The van der Waals surface area contributed by atoms with E-state index in [1.165, 1.54) is 0 Å². The fraction of sp³-hybridized carbons (Fsp3) is 0.600. The van der Waals surface area contributed by atoms with E-state index in [9.17, 15) is 4.79 Å². The minimum atomic E-state index is -0.0730. The monoisotopic (exact) mass is 210 g/mol. The summed E-state index contributed by atoms with van der Waals surface area (Å²) in [6.45, 7) is 3.32. The van der Waals surface area contributed by atoms with E-state index in [2.05, 4.69) is 10.4 Å². The smallest absolute Gasteiger partial charge is 0.221 e. The summed E-state index contributed by atoms with van der Waals surface area (Å²) in [5.41, 5.74) is 5.50. The molecule has 1 aromatic heterocycles. The van der Waals surface area contributed by atoms with Crippen molar-refractivity contribution in [1.29, 1.82) is 0 Å². The molecular weight excluding hydrogens is 192 g/mol. The first kappa shape index (κ1) is 11.7. The third-order valence-corrected chi connectivity index (χ3v) is 1.95. The van der Waals surface area contributed by atoms with E-state index in [4.69, 9.17) is 5.73 Å². The van der Waals surface area contributed by atoms with Crippen molar-refractivity contribution in [2.45, 2.75) is 32.4 Å². The van der Waals surface area contributed by atoms with Crippen LogP contribution >= 0.6 is 0 Å². The van der Waals surface area contributed by atoms with E-state index in [1.54, 1.807) is 6.20 Å². The number of carbonyl (C=O) groups excluding carboxylic acids is 1. The predicted molar refractivity (Wildman–Crippen MR) is 58.1 cm³/mol. The summed E-state index contributed by atoms with van der Waals surface area (Å²) in [5, 5.41) is 6.88. The van der Waals surface area contributed by atoms with Crippen molar-refractivity contribution in [3.05, 3.63) is 18.5 Å². The quantitative estimate of drug-likeness (QED) is 0.655. The molecule has 0 aliphatic heterocycles. The minimum Gasteiger partial charge on any atom is -0.356 e. The van der Waals surface area contributed by atoms with E-state index in [0.717, 1.165) is 13.0 Å². The topological polar surface area (TPSA) is 72.9 Å². The van der Waals surface area contributed by atoms with Gasteiger partial charge in [-0.2, -0.15) is 5.10 Å². The van der Waals surface area contributed by atoms with Crippen LogP contribution in [-0.4, -0.2) is 28.3 Å². The summed E-state index contributed by atoms with van der Waals surface area (Å²) >= 11 is 0. The summed E-state index contributed by atoms with van der Waals surface area (Å²) < 4.78 is 1.84. The summed E-state index contributed by atoms with van der Waals surface area (Å²) in [4.78, 5) is 11.2. The van der Waals surface area contributed by atoms with Gasteiger partial charge in [0.25, 0.3) is 0 Å². The molecular formula is C10H18N4O. The van der Waals surface area contributed by atoms with E-state index < -0.39 is 0 Å². The molecule has 1 unspecified atom stereocenters. The minimum absolute atomic E-state index is 0.0189. The normalized spacial score (nSPS) is 12.4. The van der Waals surface area contributed by atoms with Crippen LogP contribution in [0.1, 0.15) is 19.8 Å². The zero-order valence-electron chi connectivity index (χ0n) is 9.02. The second-order valence-electron chi connectivity index (χ2n) is 3.65. The molecule has 84 valence electrons. The number of rotatable bonds is 6. The molecule has 0 bridgehead atoms. The molecule has 0 saturated carbocycles. The van der Waals surface area contributed by atoms with Crippen LogP contribution in [0.25, 0.3) is 0 Å². The molecule has 0 aliphatic rings. The molecule has 0 saturated heterocycles. The molecule has 0 aromatic carbocycles. The number of amides is 1. The average molecular weight is 210 g/mol. The summed E-state index contributed by atoms with van der Waals surface area (Å²) in [6.07, 6.45) is 4.92. The Kier molecular flexibility index (Phi) is 4.83. The standard InChI is InChI=1S/C10H18N4O/c1-9(11)8-10(15)12-4-2-6-14-7-3-5-13-14/h3,5,7,9H,2,4,6,8,11H2,1H3,(H,12,15). The Morgan fingerprint density at radius 2 is 2.47 bits per heavy atom. The van der Waals surface area contributed by atoms with Gasteiger partial charge in [-0.15, -0.1) is 0 Å². The van der Waals surface area contributed by atoms with Crippen molar-refractivity contribution < 1.29 is 4.79 Å². The maximum Gasteiger partial charge on any atom is 0.221 e. The van der Waals surface area contributed by atoms with Crippen molar-refractivity contribution >= 4 is 5.91 Å². The van der Waals surface area contributed by atoms with Gasteiger partial charge in [-0.1, -0.05) is 0 Å². The van der Waals surface area contributed by atoms with Crippen molar-refractivity contribution in [3.63, 3.8) is 0 Å². The zero-order chi connectivity index (χ0) is 11.1. The summed E-state index contributed by atoms with van der Waals surface area (Å²) in [7, 11) is 0. The lowest BCUT2D eigenvalue weighted by atomic mass is 10.2. The zero-order valence-corrected chi connectivity index (χ0v) is 9.02. The largest absolute Gasteiger partial charge is 0.356 e. The van der Waals surface area contributed by atoms with Crippen LogP contribution in [0.4, 0.5) is 0 Å². The first-order chi connectivity index (χ1) is 7.18. The molecule has 3 N–H and O–H groups in total.